The van der Waals surface area contributed by atoms with Crippen LogP contribution in [0.1, 0.15) is 108 Å². The molecule has 13 nitrogen and oxygen atoms in total. The molecule has 2 amide bonds. The number of rotatable bonds is 19. The van der Waals surface area contributed by atoms with Gasteiger partial charge in [0, 0.05) is 55.8 Å². The number of esters is 3. The van der Waals surface area contributed by atoms with Crippen LogP contribution in [-0.2, 0) is 42.9 Å². The number of hydrogen-bond donors (Lipinski definition) is 3. The van der Waals surface area contributed by atoms with Crippen LogP contribution in [0.15, 0.2) is 42.0 Å². The van der Waals surface area contributed by atoms with Gasteiger partial charge >= 0.3 is 17.9 Å². The summed E-state index contributed by atoms with van der Waals surface area (Å²) in [5, 5.41) is 14.3. The van der Waals surface area contributed by atoms with E-state index in [1.54, 1.807) is 44.2 Å². The summed E-state index contributed by atoms with van der Waals surface area (Å²) in [6.45, 7) is 8.00. The number of aliphatic hydroxyl groups is 1. The first kappa shape index (κ1) is 40.7. The minimum absolute atomic E-state index is 0.0364. The van der Waals surface area contributed by atoms with Crippen LogP contribution in [0.25, 0.3) is 6.08 Å². The lowest BCUT2D eigenvalue weighted by Gasteiger charge is -2.31. The van der Waals surface area contributed by atoms with Gasteiger partial charge in [0.05, 0.1) is 12.2 Å². The second-order valence-electron chi connectivity index (χ2n) is 14.3. The van der Waals surface area contributed by atoms with Crippen LogP contribution in [-0.4, -0.2) is 91.3 Å². The number of carbonyl (C=O) groups excluding carboxylic acids is 5. The Morgan fingerprint density at radius 1 is 0.981 bits per heavy atom. The van der Waals surface area contributed by atoms with Crippen molar-refractivity contribution < 1.29 is 52.8 Å². The minimum atomic E-state index is -1.01. The smallest absolute Gasteiger partial charge is 0.348 e. The van der Waals surface area contributed by atoms with E-state index in [0.29, 0.717) is 24.0 Å². The Kier molecular flexibility index (Phi) is 15.0. The van der Waals surface area contributed by atoms with Crippen molar-refractivity contribution in [2.45, 2.75) is 122 Å². The SMILES string of the molecule is CCCCCC1(CCCCC)O[C@@H]2[C@@H](C=C(C(=O)NCCC(=O)NCCO)C[C@H]2OC(=O)c2cccc(C=CC(=O)O[C@H]3C(=O)OCC3(C)C)c2)O1. The van der Waals surface area contributed by atoms with Gasteiger partial charge in [-0.2, -0.15) is 0 Å². The molecule has 2 saturated heterocycles. The molecule has 1 aromatic rings. The van der Waals surface area contributed by atoms with E-state index in [2.05, 4.69) is 24.5 Å². The molecule has 2 fully saturated rings. The van der Waals surface area contributed by atoms with Crippen molar-refractivity contribution in [2.24, 2.45) is 5.41 Å². The molecule has 1 aliphatic carbocycles. The molecule has 2 heterocycles. The first-order valence-electron chi connectivity index (χ1n) is 18.5. The zero-order chi connectivity index (χ0) is 37.7. The van der Waals surface area contributed by atoms with Gasteiger partial charge in [-0.25, -0.2) is 14.4 Å². The molecule has 4 atom stereocenters. The summed E-state index contributed by atoms with van der Waals surface area (Å²) in [5.74, 6) is -3.53. The van der Waals surface area contributed by atoms with Crippen molar-refractivity contribution in [3.63, 3.8) is 0 Å². The zero-order valence-corrected chi connectivity index (χ0v) is 30.8. The summed E-state index contributed by atoms with van der Waals surface area (Å²) in [7, 11) is 0. The van der Waals surface area contributed by atoms with Crippen molar-refractivity contribution in [1.82, 2.24) is 10.6 Å². The van der Waals surface area contributed by atoms with Gasteiger partial charge in [0.25, 0.3) is 0 Å². The molecule has 4 rings (SSSR count). The number of cyclic esters (lactones) is 1. The van der Waals surface area contributed by atoms with Crippen molar-refractivity contribution >= 4 is 35.8 Å². The lowest BCUT2D eigenvalue weighted by Crippen LogP contribution is -2.44. The monoisotopic (exact) mass is 726 g/mol. The van der Waals surface area contributed by atoms with E-state index in [-0.39, 0.29) is 50.6 Å². The fourth-order valence-corrected chi connectivity index (χ4v) is 6.52. The topological polar surface area (TPSA) is 176 Å². The number of hydrogen-bond acceptors (Lipinski definition) is 11. The number of nitrogens with one attached hydrogen (secondary N) is 2. The predicted octanol–water partition coefficient (Wildman–Crippen LogP) is 4.31. The van der Waals surface area contributed by atoms with Crippen LogP contribution >= 0.6 is 0 Å². The fraction of sp³-hybridized carbons (Fsp3) is 0.615. The normalized spacial score (nSPS) is 23.0. The maximum Gasteiger partial charge on any atom is 0.348 e. The predicted molar refractivity (Wildman–Crippen MR) is 190 cm³/mol. The molecule has 0 saturated carbocycles. The highest BCUT2D eigenvalue weighted by Gasteiger charge is 2.52. The van der Waals surface area contributed by atoms with Gasteiger partial charge in [0.1, 0.15) is 24.9 Å². The maximum absolute atomic E-state index is 13.7. The molecule has 1 aromatic carbocycles. The number of fused-ring (bicyclic) bond motifs is 1. The molecule has 3 aliphatic rings. The second kappa shape index (κ2) is 19.1. The molecule has 52 heavy (non-hydrogen) atoms. The molecule has 13 heteroatoms. The Morgan fingerprint density at radius 3 is 2.37 bits per heavy atom. The molecule has 2 aliphatic heterocycles. The van der Waals surface area contributed by atoms with Gasteiger partial charge in [-0.05, 0) is 42.7 Å². The number of unbranched alkanes of at least 4 members (excludes halogenated alkanes) is 4. The Hall–Kier alpha value is -4.07. The van der Waals surface area contributed by atoms with E-state index in [4.69, 9.17) is 28.8 Å². The molecular formula is C39H54N2O11. The van der Waals surface area contributed by atoms with Crippen molar-refractivity contribution in [2.75, 3.05) is 26.3 Å². The summed E-state index contributed by atoms with van der Waals surface area (Å²) in [6.07, 6.45) is 8.62. The quantitative estimate of drug-likeness (QED) is 0.0802. The Morgan fingerprint density at radius 2 is 1.71 bits per heavy atom. The summed E-state index contributed by atoms with van der Waals surface area (Å²) >= 11 is 0. The molecule has 286 valence electrons. The highest BCUT2D eigenvalue weighted by atomic mass is 16.8. The van der Waals surface area contributed by atoms with E-state index in [1.165, 1.54) is 12.2 Å². The summed E-state index contributed by atoms with van der Waals surface area (Å²) < 4.78 is 29.8. The van der Waals surface area contributed by atoms with Crippen molar-refractivity contribution in [3.05, 3.63) is 53.1 Å². The van der Waals surface area contributed by atoms with E-state index in [0.717, 1.165) is 38.5 Å². The minimum Gasteiger partial charge on any atom is -0.462 e. The number of ether oxygens (including phenoxy) is 5. The number of aliphatic hydroxyl groups excluding tert-OH is 1. The number of carbonyl (C=O) groups is 5. The van der Waals surface area contributed by atoms with Gasteiger partial charge in [0.15, 0.2) is 5.79 Å². The second-order valence-corrected chi connectivity index (χ2v) is 14.3. The Bertz CT molecular complexity index is 1480. The van der Waals surface area contributed by atoms with Crippen LogP contribution in [0.5, 0.6) is 0 Å². The van der Waals surface area contributed by atoms with E-state index < -0.39 is 59.4 Å². The fourth-order valence-electron chi connectivity index (χ4n) is 6.52. The number of amides is 2. The maximum atomic E-state index is 13.7. The van der Waals surface area contributed by atoms with Crippen LogP contribution < -0.4 is 10.6 Å². The van der Waals surface area contributed by atoms with E-state index >= 15 is 0 Å². The Labute approximate surface area is 305 Å². The molecule has 3 N–H and O–H groups in total. The van der Waals surface area contributed by atoms with Crippen LogP contribution in [0.3, 0.4) is 0 Å². The van der Waals surface area contributed by atoms with E-state index in [1.807, 2.05) is 0 Å². The van der Waals surface area contributed by atoms with Gasteiger partial charge in [-0.15, -0.1) is 0 Å². The van der Waals surface area contributed by atoms with Gasteiger partial charge in [-0.3, -0.25) is 9.59 Å². The molecular weight excluding hydrogens is 672 g/mol. The van der Waals surface area contributed by atoms with Crippen LogP contribution in [0.2, 0.25) is 0 Å². The third-order valence-electron chi connectivity index (χ3n) is 9.40. The highest BCUT2D eigenvalue weighted by molar-refractivity contribution is 5.95. The van der Waals surface area contributed by atoms with Crippen molar-refractivity contribution in [3.8, 4) is 0 Å². The third kappa shape index (κ3) is 11.2. The largest absolute Gasteiger partial charge is 0.462 e. The summed E-state index contributed by atoms with van der Waals surface area (Å²) in [5.41, 5.74) is 0.461. The van der Waals surface area contributed by atoms with Crippen LogP contribution in [0.4, 0.5) is 0 Å². The molecule has 0 aromatic heterocycles. The standard InChI is InChI=1S/C39H54N2O11/c1-5-7-9-17-39(18-10-8-6-2)51-30-24-28(35(45)41-19-16-31(43)40-20-21-42)23-29(33(30)52-39)49-36(46)27-13-11-12-26(22-27)14-15-32(44)50-34-37(47)48-25-38(34,3)4/h11-15,22,24,29-30,33-34,42H,5-10,16-21,23,25H2,1-4H3,(H,40,43)(H,41,45)/t29-,30-,33+,34+/m1/s1. The van der Waals surface area contributed by atoms with E-state index in [9.17, 15) is 24.0 Å². The zero-order valence-electron chi connectivity index (χ0n) is 30.8. The molecule has 0 bridgehead atoms. The number of benzene rings is 1. The summed E-state index contributed by atoms with van der Waals surface area (Å²) in [6, 6.07) is 6.51. The van der Waals surface area contributed by atoms with Crippen molar-refractivity contribution in [1.29, 1.82) is 0 Å². The Balaban J connectivity index is 1.49. The van der Waals surface area contributed by atoms with Gasteiger partial charge < -0.3 is 39.4 Å². The van der Waals surface area contributed by atoms with Gasteiger partial charge in [0.2, 0.25) is 17.9 Å². The highest BCUT2D eigenvalue weighted by Crippen LogP contribution is 2.43. The van der Waals surface area contributed by atoms with Gasteiger partial charge in [-0.1, -0.05) is 65.5 Å². The third-order valence-corrected chi connectivity index (χ3v) is 9.40. The first-order valence-corrected chi connectivity index (χ1v) is 18.5. The lowest BCUT2D eigenvalue weighted by atomic mass is 9.90. The lowest BCUT2D eigenvalue weighted by molar-refractivity contribution is -0.190. The average molecular weight is 727 g/mol. The molecule has 0 unspecified atom stereocenters. The average Bonchev–Trinajstić information content (AvgIpc) is 3.62. The first-order chi connectivity index (χ1) is 24.9. The molecule has 0 radical (unpaired) electrons. The molecule has 0 spiro atoms. The summed E-state index contributed by atoms with van der Waals surface area (Å²) in [4.78, 5) is 63.5. The van der Waals surface area contributed by atoms with Crippen LogP contribution in [0, 0.1) is 5.41 Å².